The Bertz CT molecular complexity index is 522. The molecule has 0 aliphatic heterocycles. The van der Waals surface area contributed by atoms with Crippen LogP contribution < -0.4 is 16.4 Å². The number of hydrogen-bond acceptors (Lipinski definition) is 3. The Hall–Kier alpha value is -2.01. The molecule has 19 heavy (non-hydrogen) atoms. The average molecular weight is 275 g/mol. The molecule has 1 aromatic heterocycles. The Labute approximate surface area is 116 Å². The average Bonchev–Trinajstić information content (AvgIpc) is 2.84. The van der Waals surface area contributed by atoms with Crippen molar-refractivity contribution in [2.45, 2.75) is 19.4 Å². The molecule has 1 heterocycles. The van der Waals surface area contributed by atoms with Crippen LogP contribution in [-0.2, 0) is 6.42 Å². The predicted molar refractivity (Wildman–Crippen MR) is 80.5 cm³/mol. The van der Waals surface area contributed by atoms with E-state index in [9.17, 15) is 4.79 Å². The van der Waals surface area contributed by atoms with Crippen LogP contribution in [0.1, 0.15) is 11.8 Å². The second-order valence-electron chi connectivity index (χ2n) is 4.41. The van der Waals surface area contributed by atoms with E-state index in [1.165, 1.54) is 4.88 Å². The molecule has 2 rings (SSSR count). The van der Waals surface area contributed by atoms with E-state index in [-0.39, 0.29) is 12.1 Å². The van der Waals surface area contributed by atoms with Gasteiger partial charge in [0.15, 0.2) is 0 Å². The topological polar surface area (TPSA) is 67.2 Å². The van der Waals surface area contributed by atoms with Crippen LogP contribution in [0, 0.1) is 0 Å². The lowest BCUT2D eigenvalue weighted by atomic mass is 10.2. The van der Waals surface area contributed by atoms with Crippen LogP contribution in [0.15, 0.2) is 41.8 Å². The molecule has 5 heteroatoms. The Balaban J connectivity index is 1.82. The summed E-state index contributed by atoms with van der Waals surface area (Å²) in [6, 6.07) is 11.0. The fraction of sp³-hybridized carbons (Fsp3) is 0.214. The summed E-state index contributed by atoms with van der Waals surface area (Å²) in [6.07, 6.45) is 0.840. The number of rotatable bonds is 4. The van der Waals surface area contributed by atoms with Crippen LogP contribution >= 0.6 is 11.3 Å². The molecule has 0 saturated carbocycles. The molecule has 0 spiro atoms. The van der Waals surface area contributed by atoms with Crippen molar-refractivity contribution in [1.82, 2.24) is 5.32 Å². The van der Waals surface area contributed by atoms with Gasteiger partial charge in [-0.1, -0.05) is 6.07 Å². The molecule has 1 aromatic carbocycles. The van der Waals surface area contributed by atoms with E-state index in [1.807, 2.05) is 18.4 Å². The highest BCUT2D eigenvalue weighted by Gasteiger charge is 2.08. The van der Waals surface area contributed by atoms with Crippen LogP contribution in [0.5, 0.6) is 0 Å². The molecule has 1 unspecified atom stereocenters. The third-order valence-electron chi connectivity index (χ3n) is 2.63. The van der Waals surface area contributed by atoms with Crippen molar-refractivity contribution < 1.29 is 4.79 Å². The number of nitrogens with two attached hydrogens (primary N) is 1. The third-order valence-corrected chi connectivity index (χ3v) is 3.53. The second kappa shape index (κ2) is 6.24. The molecule has 4 N–H and O–H groups in total. The summed E-state index contributed by atoms with van der Waals surface area (Å²) in [7, 11) is 0. The minimum Gasteiger partial charge on any atom is -0.399 e. The summed E-state index contributed by atoms with van der Waals surface area (Å²) in [5.74, 6) is 0. The van der Waals surface area contributed by atoms with E-state index >= 15 is 0 Å². The van der Waals surface area contributed by atoms with Gasteiger partial charge in [-0.3, -0.25) is 0 Å². The van der Waals surface area contributed by atoms with Crippen molar-refractivity contribution in [3.05, 3.63) is 46.7 Å². The van der Waals surface area contributed by atoms with Gasteiger partial charge in [0.1, 0.15) is 0 Å². The van der Waals surface area contributed by atoms with Gasteiger partial charge in [-0.05, 0) is 42.6 Å². The zero-order valence-corrected chi connectivity index (χ0v) is 11.5. The number of nitrogen functional groups attached to an aromatic ring is 1. The molecular formula is C14H17N3OS. The number of nitrogens with one attached hydrogen (secondary N) is 2. The van der Waals surface area contributed by atoms with Gasteiger partial charge in [0, 0.05) is 28.7 Å². The molecule has 2 aromatic rings. The molecule has 0 bridgehead atoms. The maximum Gasteiger partial charge on any atom is 0.319 e. The van der Waals surface area contributed by atoms with Gasteiger partial charge in [0.25, 0.3) is 0 Å². The van der Waals surface area contributed by atoms with E-state index in [0.29, 0.717) is 5.69 Å². The summed E-state index contributed by atoms with van der Waals surface area (Å²) >= 11 is 1.70. The molecule has 100 valence electrons. The van der Waals surface area contributed by atoms with Crippen LogP contribution in [-0.4, -0.2) is 12.1 Å². The second-order valence-corrected chi connectivity index (χ2v) is 5.44. The van der Waals surface area contributed by atoms with Gasteiger partial charge in [-0.25, -0.2) is 4.79 Å². The summed E-state index contributed by atoms with van der Waals surface area (Å²) in [5.41, 5.74) is 7.00. The Morgan fingerprint density at radius 2 is 2.05 bits per heavy atom. The van der Waals surface area contributed by atoms with Crippen LogP contribution in [0.3, 0.4) is 0 Å². The van der Waals surface area contributed by atoms with E-state index in [4.69, 9.17) is 5.73 Å². The van der Waals surface area contributed by atoms with E-state index in [1.54, 1.807) is 35.6 Å². The van der Waals surface area contributed by atoms with Crippen LogP contribution in [0.25, 0.3) is 0 Å². The number of carbonyl (C=O) groups excluding carboxylic acids is 1. The first kappa shape index (κ1) is 13.4. The lowest BCUT2D eigenvalue weighted by Crippen LogP contribution is -2.37. The molecule has 0 fully saturated rings. The number of carbonyl (C=O) groups is 1. The highest BCUT2D eigenvalue weighted by Crippen LogP contribution is 2.12. The lowest BCUT2D eigenvalue weighted by Gasteiger charge is -2.14. The van der Waals surface area contributed by atoms with Crippen molar-refractivity contribution in [2.75, 3.05) is 11.1 Å². The molecule has 0 saturated heterocycles. The number of amides is 2. The predicted octanol–water partition coefficient (Wildman–Crippen LogP) is 3.08. The molecule has 0 aliphatic rings. The maximum atomic E-state index is 11.8. The number of hydrogen-bond donors (Lipinski definition) is 3. The Morgan fingerprint density at radius 1 is 1.32 bits per heavy atom. The zero-order chi connectivity index (χ0) is 13.7. The monoisotopic (exact) mass is 275 g/mol. The minimum atomic E-state index is -0.200. The third kappa shape index (κ3) is 4.30. The zero-order valence-electron chi connectivity index (χ0n) is 10.7. The summed E-state index contributed by atoms with van der Waals surface area (Å²) in [4.78, 5) is 13.1. The molecule has 0 aliphatic carbocycles. The quantitative estimate of drug-likeness (QED) is 0.751. The molecule has 4 nitrogen and oxygen atoms in total. The SMILES string of the molecule is CC(Cc1cccs1)NC(=O)Nc1ccc(N)cc1. The van der Waals surface area contributed by atoms with Gasteiger partial charge in [-0.15, -0.1) is 11.3 Å². The Morgan fingerprint density at radius 3 is 2.68 bits per heavy atom. The number of thiophene rings is 1. The van der Waals surface area contributed by atoms with Gasteiger partial charge >= 0.3 is 6.03 Å². The largest absolute Gasteiger partial charge is 0.399 e. The summed E-state index contributed by atoms with van der Waals surface area (Å²) in [6.45, 7) is 1.99. The molecule has 2 amide bonds. The van der Waals surface area contributed by atoms with Gasteiger partial charge in [0.2, 0.25) is 0 Å². The normalized spacial score (nSPS) is 11.8. The fourth-order valence-electron chi connectivity index (χ4n) is 1.74. The van der Waals surface area contributed by atoms with Crippen molar-refractivity contribution in [2.24, 2.45) is 0 Å². The minimum absolute atomic E-state index is 0.0902. The highest BCUT2D eigenvalue weighted by atomic mass is 32.1. The number of anilines is 2. The van der Waals surface area contributed by atoms with Crippen molar-refractivity contribution in [3.8, 4) is 0 Å². The van der Waals surface area contributed by atoms with Gasteiger partial charge in [-0.2, -0.15) is 0 Å². The van der Waals surface area contributed by atoms with Crippen LogP contribution in [0.4, 0.5) is 16.2 Å². The molecular weight excluding hydrogens is 258 g/mol. The first-order valence-corrected chi connectivity index (χ1v) is 6.97. The molecule has 1 atom stereocenters. The van der Waals surface area contributed by atoms with Gasteiger partial charge < -0.3 is 16.4 Å². The summed E-state index contributed by atoms with van der Waals surface area (Å²) in [5, 5.41) is 7.72. The van der Waals surface area contributed by atoms with Crippen LogP contribution in [0.2, 0.25) is 0 Å². The molecule has 0 radical (unpaired) electrons. The van der Waals surface area contributed by atoms with E-state index in [0.717, 1.165) is 12.1 Å². The first-order valence-electron chi connectivity index (χ1n) is 6.09. The van der Waals surface area contributed by atoms with E-state index in [2.05, 4.69) is 16.7 Å². The maximum absolute atomic E-state index is 11.8. The Kier molecular flexibility index (Phi) is 4.41. The smallest absolute Gasteiger partial charge is 0.319 e. The fourth-order valence-corrected chi connectivity index (χ4v) is 2.57. The number of benzene rings is 1. The van der Waals surface area contributed by atoms with E-state index < -0.39 is 0 Å². The lowest BCUT2D eigenvalue weighted by molar-refractivity contribution is 0.249. The van der Waals surface area contributed by atoms with Crippen molar-refractivity contribution in [3.63, 3.8) is 0 Å². The highest BCUT2D eigenvalue weighted by molar-refractivity contribution is 7.09. The van der Waals surface area contributed by atoms with Crippen molar-refractivity contribution in [1.29, 1.82) is 0 Å². The first-order chi connectivity index (χ1) is 9.13. The van der Waals surface area contributed by atoms with Gasteiger partial charge in [0.05, 0.1) is 0 Å². The summed E-state index contributed by atoms with van der Waals surface area (Å²) < 4.78 is 0. The standard InChI is InChI=1S/C14H17N3OS/c1-10(9-13-3-2-8-19-13)16-14(18)17-12-6-4-11(15)5-7-12/h2-8,10H,9,15H2,1H3,(H2,16,17,18). The van der Waals surface area contributed by atoms with Crippen molar-refractivity contribution >= 4 is 28.7 Å². The number of urea groups is 1.